The molecule has 4 rings (SSSR count). The number of pyridine rings is 1. The lowest BCUT2D eigenvalue weighted by Gasteiger charge is -2.15. The highest BCUT2D eigenvalue weighted by atomic mass is 16.2. The van der Waals surface area contributed by atoms with E-state index in [1.807, 2.05) is 45.0 Å². The Labute approximate surface area is 199 Å². The van der Waals surface area contributed by atoms with Crippen molar-refractivity contribution in [1.82, 2.24) is 19.4 Å². The lowest BCUT2D eigenvalue weighted by Crippen LogP contribution is -2.32. The van der Waals surface area contributed by atoms with E-state index in [-0.39, 0.29) is 22.5 Å². The van der Waals surface area contributed by atoms with Crippen molar-refractivity contribution < 1.29 is 4.79 Å². The summed E-state index contributed by atoms with van der Waals surface area (Å²) in [5, 5.41) is 3.05. The van der Waals surface area contributed by atoms with Crippen molar-refractivity contribution in [3.63, 3.8) is 0 Å². The quantitative estimate of drug-likeness (QED) is 0.533. The average Bonchev–Trinajstić information content (AvgIpc) is 3.34. The minimum Gasteiger partial charge on any atom is -0.322 e. The first-order chi connectivity index (χ1) is 16.4. The number of H-pyrrole nitrogens is 1. The maximum Gasteiger partial charge on any atom is 0.329 e. The zero-order chi connectivity index (χ0) is 24.2. The van der Waals surface area contributed by atoms with Crippen LogP contribution in [0.4, 0.5) is 5.69 Å². The number of carbonyl (C=O) groups is 1. The SMILES string of the molecule is CCCn1c(=O)[nH]c(=O)c2c(C(=O)Nc3ccc(CCN4CCCC4)cc3)cc(C(C)C)nc21. The molecule has 34 heavy (non-hydrogen) atoms. The van der Waals surface area contributed by atoms with Crippen molar-refractivity contribution in [3.8, 4) is 0 Å². The molecule has 0 aliphatic carbocycles. The molecule has 0 spiro atoms. The standard InChI is InChI=1S/C26H33N5O3/c1-4-12-31-23-22(25(33)29-26(31)34)20(16-21(28-23)17(2)3)24(32)27-19-9-7-18(8-10-19)11-15-30-13-5-6-14-30/h7-10,16-17H,4-6,11-15H2,1-3H3,(H,27,32)(H,29,33,34). The third-order valence-corrected chi connectivity index (χ3v) is 6.38. The van der Waals surface area contributed by atoms with Crippen LogP contribution in [0.25, 0.3) is 11.0 Å². The van der Waals surface area contributed by atoms with Gasteiger partial charge in [-0.15, -0.1) is 0 Å². The van der Waals surface area contributed by atoms with Gasteiger partial charge in [0, 0.05) is 24.5 Å². The topological polar surface area (TPSA) is 100 Å². The van der Waals surface area contributed by atoms with Gasteiger partial charge in [-0.3, -0.25) is 19.1 Å². The summed E-state index contributed by atoms with van der Waals surface area (Å²) in [6.07, 6.45) is 4.24. The van der Waals surface area contributed by atoms with Crippen LogP contribution in [0.3, 0.4) is 0 Å². The molecule has 0 atom stereocenters. The predicted molar refractivity (Wildman–Crippen MR) is 135 cm³/mol. The number of amides is 1. The van der Waals surface area contributed by atoms with Crippen LogP contribution in [-0.2, 0) is 13.0 Å². The van der Waals surface area contributed by atoms with E-state index in [2.05, 4.69) is 20.2 Å². The minimum absolute atomic E-state index is 0.0234. The Hall–Kier alpha value is -3.26. The van der Waals surface area contributed by atoms with Crippen LogP contribution in [0, 0.1) is 0 Å². The van der Waals surface area contributed by atoms with Crippen LogP contribution in [0.5, 0.6) is 0 Å². The van der Waals surface area contributed by atoms with Gasteiger partial charge in [0.25, 0.3) is 11.5 Å². The van der Waals surface area contributed by atoms with E-state index in [1.165, 1.54) is 36.1 Å². The smallest absolute Gasteiger partial charge is 0.322 e. The second kappa shape index (κ2) is 10.3. The molecule has 2 N–H and O–H groups in total. The molecule has 180 valence electrons. The first-order valence-electron chi connectivity index (χ1n) is 12.2. The number of rotatable bonds is 8. The van der Waals surface area contributed by atoms with Gasteiger partial charge in [-0.05, 0) is 68.5 Å². The molecule has 8 nitrogen and oxygen atoms in total. The van der Waals surface area contributed by atoms with Gasteiger partial charge in [-0.2, -0.15) is 0 Å². The highest BCUT2D eigenvalue weighted by molar-refractivity contribution is 6.11. The van der Waals surface area contributed by atoms with Crippen molar-refractivity contribution in [1.29, 1.82) is 0 Å². The largest absolute Gasteiger partial charge is 0.329 e. The van der Waals surface area contributed by atoms with Gasteiger partial charge in [0.05, 0.1) is 10.9 Å². The number of aromatic amines is 1. The third-order valence-electron chi connectivity index (χ3n) is 6.38. The molecule has 1 amide bonds. The number of carbonyl (C=O) groups excluding carboxylic acids is 1. The number of hydrogen-bond donors (Lipinski definition) is 2. The number of aryl methyl sites for hydroxylation is 1. The maximum atomic E-state index is 13.3. The number of benzene rings is 1. The number of nitrogens with one attached hydrogen (secondary N) is 2. The summed E-state index contributed by atoms with van der Waals surface area (Å²) in [4.78, 5) is 47.9. The normalized spacial score (nSPS) is 14.2. The van der Waals surface area contributed by atoms with Crippen molar-refractivity contribution in [3.05, 3.63) is 68.0 Å². The zero-order valence-electron chi connectivity index (χ0n) is 20.2. The molecule has 1 saturated heterocycles. The number of nitrogens with zero attached hydrogens (tertiary/aromatic N) is 3. The Morgan fingerprint density at radius 3 is 2.47 bits per heavy atom. The Bertz CT molecular complexity index is 1280. The number of anilines is 1. The molecule has 1 aromatic carbocycles. The molecule has 2 aromatic heterocycles. The predicted octanol–water partition coefficient (Wildman–Crippen LogP) is 3.51. The van der Waals surface area contributed by atoms with Gasteiger partial charge in [-0.1, -0.05) is 32.9 Å². The van der Waals surface area contributed by atoms with E-state index in [9.17, 15) is 14.4 Å². The van der Waals surface area contributed by atoms with Gasteiger partial charge in [-0.25, -0.2) is 9.78 Å². The van der Waals surface area contributed by atoms with Crippen molar-refractivity contribution in [2.24, 2.45) is 0 Å². The molecule has 3 heterocycles. The lowest BCUT2D eigenvalue weighted by molar-refractivity contribution is 0.102. The summed E-state index contributed by atoms with van der Waals surface area (Å²) in [6, 6.07) is 9.49. The van der Waals surface area contributed by atoms with Gasteiger partial charge < -0.3 is 10.2 Å². The fourth-order valence-electron chi connectivity index (χ4n) is 4.45. The van der Waals surface area contributed by atoms with Crippen molar-refractivity contribution in [2.75, 3.05) is 25.0 Å². The molecular formula is C26H33N5O3. The molecule has 8 heteroatoms. The lowest BCUT2D eigenvalue weighted by atomic mass is 10.0. The molecule has 1 aliphatic heterocycles. The van der Waals surface area contributed by atoms with Gasteiger partial charge in [0.2, 0.25) is 0 Å². The molecule has 0 unspecified atom stereocenters. The highest BCUT2D eigenvalue weighted by Gasteiger charge is 2.20. The van der Waals surface area contributed by atoms with Crippen molar-refractivity contribution >= 4 is 22.6 Å². The molecule has 0 radical (unpaired) electrons. The van der Waals surface area contributed by atoms with E-state index in [4.69, 9.17) is 0 Å². The summed E-state index contributed by atoms with van der Waals surface area (Å²) in [6.45, 7) is 9.68. The van der Waals surface area contributed by atoms with E-state index in [1.54, 1.807) is 6.07 Å². The monoisotopic (exact) mass is 463 g/mol. The number of fused-ring (bicyclic) bond motifs is 1. The minimum atomic E-state index is -0.599. The Kier molecular flexibility index (Phi) is 7.26. The molecule has 0 saturated carbocycles. The number of likely N-dealkylation sites (tertiary alicyclic amines) is 1. The summed E-state index contributed by atoms with van der Waals surface area (Å²) < 4.78 is 1.44. The Balaban J connectivity index is 1.63. The van der Waals surface area contributed by atoms with Crippen LogP contribution in [-0.4, -0.2) is 45.0 Å². The van der Waals surface area contributed by atoms with Crippen molar-refractivity contribution in [2.45, 2.75) is 58.9 Å². The average molecular weight is 464 g/mol. The Morgan fingerprint density at radius 1 is 1.12 bits per heavy atom. The summed E-state index contributed by atoms with van der Waals surface area (Å²) in [5.74, 6) is -0.373. The van der Waals surface area contributed by atoms with Crippen LogP contribution in [0.15, 0.2) is 39.9 Å². The molecular weight excluding hydrogens is 430 g/mol. The van der Waals surface area contributed by atoms with Crippen LogP contribution in [0.2, 0.25) is 0 Å². The van der Waals surface area contributed by atoms with Crippen LogP contribution >= 0.6 is 0 Å². The summed E-state index contributed by atoms with van der Waals surface area (Å²) in [7, 11) is 0. The number of hydrogen-bond acceptors (Lipinski definition) is 5. The second-order valence-corrected chi connectivity index (χ2v) is 9.31. The number of aromatic nitrogens is 3. The van der Waals surface area contributed by atoms with E-state index < -0.39 is 17.2 Å². The fourth-order valence-corrected chi connectivity index (χ4v) is 4.45. The van der Waals surface area contributed by atoms with Gasteiger partial charge in [0.15, 0.2) is 5.65 Å². The first-order valence-corrected chi connectivity index (χ1v) is 12.2. The zero-order valence-corrected chi connectivity index (χ0v) is 20.2. The van der Waals surface area contributed by atoms with E-state index >= 15 is 0 Å². The third kappa shape index (κ3) is 5.12. The Morgan fingerprint density at radius 2 is 1.82 bits per heavy atom. The molecule has 1 aliphatic rings. The first kappa shape index (κ1) is 23.9. The van der Waals surface area contributed by atoms with E-state index in [0.29, 0.717) is 24.3 Å². The van der Waals surface area contributed by atoms with Crippen LogP contribution < -0.4 is 16.6 Å². The maximum absolute atomic E-state index is 13.3. The fraction of sp³-hybridized carbons (Fsp3) is 0.462. The van der Waals surface area contributed by atoms with Gasteiger partial charge in [0.1, 0.15) is 0 Å². The summed E-state index contributed by atoms with van der Waals surface area (Å²) >= 11 is 0. The molecule has 1 fully saturated rings. The van der Waals surface area contributed by atoms with E-state index in [0.717, 1.165) is 13.0 Å². The highest BCUT2D eigenvalue weighted by Crippen LogP contribution is 2.21. The molecule has 0 bridgehead atoms. The summed E-state index contributed by atoms with van der Waals surface area (Å²) in [5.41, 5.74) is 1.90. The second-order valence-electron chi connectivity index (χ2n) is 9.31. The van der Waals surface area contributed by atoms with Crippen LogP contribution in [0.1, 0.15) is 67.6 Å². The molecule has 3 aromatic rings. The van der Waals surface area contributed by atoms with Gasteiger partial charge >= 0.3 is 5.69 Å².